The molecular formula is C21H17F4NO6. The lowest BCUT2D eigenvalue weighted by Crippen LogP contribution is -2.48. The van der Waals surface area contributed by atoms with E-state index in [1.54, 1.807) is 30.3 Å². The van der Waals surface area contributed by atoms with Crippen molar-refractivity contribution in [2.24, 2.45) is 5.92 Å². The van der Waals surface area contributed by atoms with Gasteiger partial charge in [-0.25, -0.2) is 22.4 Å². The normalized spacial score (nSPS) is 20.2. The summed E-state index contributed by atoms with van der Waals surface area (Å²) < 4.78 is 66.2. The third-order valence-corrected chi connectivity index (χ3v) is 5.33. The standard InChI is InChI=1S/C21H17F4NO6/c1-31-18(27)12-8-26(20(30)32-9-11-5-3-2-4-6-11)10-21(12,19(28)29)15-13(22)7-14(23)16(24)17(15)25/h2-7,12H,8-10H2,1H3,(H,28,29). The molecule has 0 aromatic heterocycles. The number of amides is 1. The molecule has 32 heavy (non-hydrogen) atoms. The number of carboxylic acid groups (broad SMARTS) is 1. The number of carbonyl (C=O) groups excluding carboxylic acids is 2. The molecule has 11 heteroatoms. The van der Waals surface area contributed by atoms with Crippen molar-refractivity contribution in [1.29, 1.82) is 0 Å². The molecule has 2 aromatic carbocycles. The maximum Gasteiger partial charge on any atom is 0.410 e. The number of hydrogen-bond acceptors (Lipinski definition) is 5. The molecule has 2 atom stereocenters. The number of benzene rings is 2. The zero-order chi connectivity index (χ0) is 23.6. The fourth-order valence-corrected chi connectivity index (χ4v) is 3.77. The molecule has 1 fully saturated rings. The maximum atomic E-state index is 14.6. The molecule has 1 N–H and O–H groups in total. The summed E-state index contributed by atoms with van der Waals surface area (Å²) in [7, 11) is 0.906. The van der Waals surface area contributed by atoms with Gasteiger partial charge < -0.3 is 19.5 Å². The van der Waals surface area contributed by atoms with Crippen molar-refractivity contribution < 1.29 is 46.5 Å². The molecular weight excluding hydrogens is 438 g/mol. The van der Waals surface area contributed by atoms with Crippen molar-refractivity contribution in [3.8, 4) is 0 Å². The fourth-order valence-electron chi connectivity index (χ4n) is 3.77. The van der Waals surface area contributed by atoms with Crippen LogP contribution >= 0.6 is 0 Å². The van der Waals surface area contributed by atoms with Gasteiger partial charge in [-0.2, -0.15) is 0 Å². The van der Waals surface area contributed by atoms with Gasteiger partial charge in [0, 0.05) is 24.7 Å². The number of methoxy groups -OCH3 is 1. The lowest BCUT2D eigenvalue weighted by molar-refractivity contribution is -0.155. The van der Waals surface area contributed by atoms with E-state index in [0.29, 0.717) is 5.56 Å². The van der Waals surface area contributed by atoms with E-state index < -0.39 is 71.3 Å². The van der Waals surface area contributed by atoms with Gasteiger partial charge in [-0.15, -0.1) is 0 Å². The number of aliphatic carboxylic acids is 1. The molecule has 1 heterocycles. The highest BCUT2D eigenvalue weighted by molar-refractivity contribution is 5.92. The molecule has 1 saturated heterocycles. The van der Waals surface area contributed by atoms with Gasteiger partial charge in [0.05, 0.1) is 13.0 Å². The van der Waals surface area contributed by atoms with E-state index in [1.807, 2.05) is 0 Å². The van der Waals surface area contributed by atoms with Gasteiger partial charge in [-0.05, 0) is 5.56 Å². The highest BCUT2D eigenvalue weighted by atomic mass is 19.2. The summed E-state index contributed by atoms with van der Waals surface area (Å²) in [6, 6.07) is 8.40. The van der Waals surface area contributed by atoms with Crippen LogP contribution in [0, 0.1) is 29.2 Å². The summed E-state index contributed by atoms with van der Waals surface area (Å²) in [6.07, 6.45) is -1.07. The minimum atomic E-state index is -2.79. The minimum Gasteiger partial charge on any atom is -0.481 e. The predicted octanol–water partition coefficient (Wildman–Crippen LogP) is 3.01. The first-order valence-corrected chi connectivity index (χ1v) is 9.23. The summed E-state index contributed by atoms with van der Waals surface area (Å²) in [5.41, 5.74) is -3.58. The van der Waals surface area contributed by atoms with Gasteiger partial charge >= 0.3 is 18.0 Å². The Morgan fingerprint density at radius 3 is 2.34 bits per heavy atom. The van der Waals surface area contributed by atoms with E-state index in [0.717, 1.165) is 12.0 Å². The van der Waals surface area contributed by atoms with Crippen LogP contribution in [0.5, 0.6) is 0 Å². The zero-order valence-corrected chi connectivity index (χ0v) is 16.6. The Kier molecular flexibility index (Phi) is 6.37. The number of esters is 1. The quantitative estimate of drug-likeness (QED) is 0.323. The number of nitrogens with zero attached hydrogens (tertiary/aromatic N) is 1. The van der Waals surface area contributed by atoms with Crippen LogP contribution in [-0.4, -0.2) is 48.2 Å². The number of halogens is 4. The van der Waals surface area contributed by atoms with Crippen molar-refractivity contribution in [3.63, 3.8) is 0 Å². The number of rotatable bonds is 5. The molecule has 7 nitrogen and oxygen atoms in total. The molecule has 0 bridgehead atoms. The van der Waals surface area contributed by atoms with Crippen molar-refractivity contribution in [2.45, 2.75) is 12.0 Å². The lowest BCUT2D eigenvalue weighted by atomic mass is 9.71. The van der Waals surface area contributed by atoms with Crippen molar-refractivity contribution in [3.05, 3.63) is 70.8 Å². The Morgan fingerprint density at radius 2 is 1.75 bits per heavy atom. The van der Waals surface area contributed by atoms with Crippen LogP contribution in [0.1, 0.15) is 11.1 Å². The summed E-state index contributed by atoms with van der Waals surface area (Å²) in [5, 5.41) is 9.91. The summed E-state index contributed by atoms with van der Waals surface area (Å²) in [5.74, 6) is -12.8. The first kappa shape index (κ1) is 23.0. The SMILES string of the molecule is COC(=O)C1CN(C(=O)OCc2ccccc2)CC1(C(=O)O)c1c(F)cc(F)c(F)c1F. The lowest BCUT2D eigenvalue weighted by Gasteiger charge is -2.29. The molecule has 0 spiro atoms. The molecule has 2 aromatic rings. The topological polar surface area (TPSA) is 93.1 Å². The first-order valence-electron chi connectivity index (χ1n) is 9.23. The number of carboxylic acids is 1. The van der Waals surface area contributed by atoms with Crippen LogP contribution in [0.2, 0.25) is 0 Å². The number of ether oxygens (including phenoxy) is 2. The second-order valence-corrected chi connectivity index (χ2v) is 7.12. The van der Waals surface area contributed by atoms with E-state index in [9.17, 15) is 37.1 Å². The number of likely N-dealkylation sites (tertiary alicyclic amines) is 1. The van der Waals surface area contributed by atoms with E-state index >= 15 is 0 Å². The Hall–Kier alpha value is -3.63. The summed E-state index contributed by atoms with van der Waals surface area (Å²) >= 11 is 0. The van der Waals surface area contributed by atoms with E-state index in [4.69, 9.17) is 4.74 Å². The second kappa shape index (κ2) is 8.85. The Labute approximate surface area is 179 Å². The van der Waals surface area contributed by atoms with Gasteiger partial charge in [0.2, 0.25) is 0 Å². The molecule has 2 unspecified atom stereocenters. The number of hydrogen-bond donors (Lipinski definition) is 1. The third kappa shape index (κ3) is 3.85. The molecule has 1 aliphatic rings. The summed E-state index contributed by atoms with van der Waals surface area (Å²) in [6.45, 7) is -1.80. The predicted molar refractivity (Wildman–Crippen MR) is 99.3 cm³/mol. The average Bonchev–Trinajstić information content (AvgIpc) is 3.18. The first-order chi connectivity index (χ1) is 15.1. The van der Waals surface area contributed by atoms with Crippen LogP contribution in [0.25, 0.3) is 0 Å². The largest absolute Gasteiger partial charge is 0.481 e. The Balaban J connectivity index is 2.03. The average molecular weight is 455 g/mol. The minimum absolute atomic E-state index is 0.0246. The molecule has 0 radical (unpaired) electrons. The number of carbonyl (C=O) groups is 3. The Bertz CT molecular complexity index is 1060. The second-order valence-electron chi connectivity index (χ2n) is 7.12. The monoisotopic (exact) mass is 455 g/mol. The van der Waals surface area contributed by atoms with Crippen molar-refractivity contribution >= 4 is 18.0 Å². The molecule has 1 amide bonds. The molecule has 0 aliphatic carbocycles. The van der Waals surface area contributed by atoms with E-state index in [2.05, 4.69) is 4.74 Å². The maximum absolute atomic E-state index is 14.6. The van der Waals surface area contributed by atoms with Crippen LogP contribution in [0.15, 0.2) is 36.4 Å². The molecule has 3 rings (SSSR count). The van der Waals surface area contributed by atoms with Gasteiger partial charge in [0.1, 0.15) is 17.8 Å². The van der Waals surface area contributed by atoms with Crippen molar-refractivity contribution in [1.82, 2.24) is 4.90 Å². The molecule has 170 valence electrons. The van der Waals surface area contributed by atoms with Gasteiger partial charge in [0.15, 0.2) is 17.5 Å². The van der Waals surface area contributed by atoms with Gasteiger partial charge in [-0.3, -0.25) is 9.59 Å². The van der Waals surface area contributed by atoms with Crippen LogP contribution in [-0.2, 0) is 31.1 Å². The Morgan fingerprint density at radius 1 is 1.09 bits per heavy atom. The fraction of sp³-hybridized carbons (Fsp3) is 0.286. The van der Waals surface area contributed by atoms with Crippen LogP contribution in [0.4, 0.5) is 22.4 Å². The molecule has 1 aliphatic heterocycles. The highest BCUT2D eigenvalue weighted by Crippen LogP contribution is 2.44. The highest BCUT2D eigenvalue weighted by Gasteiger charge is 2.61. The zero-order valence-electron chi connectivity index (χ0n) is 16.6. The van der Waals surface area contributed by atoms with Crippen LogP contribution < -0.4 is 0 Å². The summed E-state index contributed by atoms with van der Waals surface area (Å²) in [4.78, 5) is 37.9. The van der Waals surface area contributed by atoms with E-state index in [-0.39, 0.29) is 12.7 Å². The van der Waals surface area contributed by atoms with Crippen LogP contribution in [0.3, 0.4) is 0 Å². The van der Waals surface area contributed by atoms with Crippen molar-refractivity contribution in [2.75, 3.05) is 20.2 Å². The van der Waals surface area contributed by atoms with E-state index in [1.165, 1.54) is 0 Å². The van der Waals surface area contributed by atoms with Gasteiger partial charge in [-0.1, -0.05) is 30.3 Å². The smallest absolute Gasteiger partial charge is 0.410 e. The van der Waals surface area contributed by atoms with Gasteiger partial charge in [0.25, 0.3) is 0 Å². The molecule has 0 saturated carbocycles. The third-order valence-electron chi connectivity index (χ3n) is 5.33.